The van der Waals surface area contributed by atoms with E-state index < -0.39 is 5.91 Å². The van der Waals surface area contributed by atoms with Gasteiger partial charge in [-0.05, 0) is 36.1 Å². The van der Waals surface area contributed by atoms with Gasteiger partial charge in [-0.25, -0.2) is 9.97 Å². The normalized spacial score (nSPS) is 17.6. The molecule has 1 unspecified atom stereocenters. The molecular formula is C23H25BN6O3. The van der Waals surface area contributed by atoms with Crippen molar-refractivity contribution in [3.05, 3.63) is 59.7 Å². The molecule has 0 spiro atoms. The maximum atomic E-state index is 13.1. The van der Waals surface area contributed by atoms with Crippen molar-refractivity contribution in [3.63, 3.8) is 0 Å². The maximum absolute atomic E-state index is 13.1. The molecular weight excluding hydrogens is 419 g/mol. The SMILES string of the molecule is BOC1CCc2cc(-c3cnc(N)c(C(=O)Nc4cnccc4N4CCOCC4)n3)ccc21. The van der Waals surface area contributed by atoms with E-state index >= 15 is 0 Å². The Labute approximate surface area is 192 Å². The van der Waals surface area contributed by atoms with E-state index in [4.69, 9.17) is 15.1 Å². The molecule has 10 heteroatoms. The molecule has 33 heavy (non-hydrogen) atoms. The first kappa shape index (κ1) is 21.4. The van der Waals surface area contributed by atoms with Gasteiger partial charge in [-0.2, -0.15) is 0 Å². The molecule has 1 fully saturated rings. The molecule has 3 heterocycles. The van der Waals surface area contributed by atoms with Crippen molar-refractivity contribution in [1.82, 2.24) is 15.0 Å². The summed E-state index contributed by atoms with van der Waals surface area (Å²) < 4.78 is 11.0. The lowest BCUT2D eigenvalue weighted by molar-refractivity contribution is 0.102. The Morgan fingerprint density at radius 3 is 2.91 bits per heavy atom. The number of nitrogens with one attached hydrogen (secondary N) is 1. The smallest absolute Gasteiger partial charge is 0.278 e. The molecule has 0 saturated carbocycles. The highest BCUT2D eigenvalue weighted by Gasteiger charge is 2.23. The number of morpholine rings is 1. The fraction of sp³-hybridized carbons (Fsp3) is 0.304. The number of pyridine rings is 1. The molecule has 2 aliphatic rings. The lowest BCUT2D eigenvalue weighted by Gasteiger charge is -2.30. The van der Waals surface area contributed by atoms with Gasteiger partial charge in [-0.15, -0.1) is 0 Å². The van der Waals surface area contributed by atoms with Crippen molar-refractivity contribution in [2.45, 2.75) is 18.9 Å². The Hall–Kier alpha value is -3.50. The molecule has 1 saturated heterocycles. The van der Waals surface area contributed by atoms with E-state index in [0.717, 1.165) is 37.2 Å². The average Bonchev–Trinajstić information content (AvgIpc) is 3.27. The van der Waals surface area contributed by atoms with Crippen LogP contribution in [0.25, 0.3) is 11.3 Å². The monoisotopic (exact) mass is 444 g/mol. The summed E-state index contributed by atoms with van der Waals surface area (Å²) in [7, 11) is 1.73. The molecule has 1 aliphatic heterocycles. The first-order chi connectivity index (χ1) is 16.1. The van der Waals surface area contributed by atoms with E-state index in [2.05, 4.69) is 37.3 Å². The van der Waals surface area contributed by atoms with Gasteiger partial charge in [-0.1, -0.05) is 12.1 Å². The summed E-state index contributed by atoms with van der Waals surface area (Å²) in [4.78, 5) is 28.3. The highest BCUT2D eigenvalue weighted by Crippen LogP contribution is 2.35. The van der Waals surface area contributed by atoms with E-state index in [9.17, 15) is 4.79 Å². The van der Waals surface area contributed by atoms with E-state index in [1.807, 2.05) is 12.1 Å². The lowest BCUT2D eigenvalue weighted by Crippen LogP contribution is -2.36. The Morgan fingerprint density at radius 1 is 1.24 bits per heavy atom. The number of anilines is 3. The summed E-state index contributed by atoms with van der Waals surface area (Å²) >= 11 is 0. The first-order valence-corrected chi connectivity index (χ1v) is 11.0. The number of nitrogens with two attached hydrogens (primary N) is 1. The quantitative estimate of drug-likeness (QED) is 0.573. The first-order valence-electron chi connectivity index (χ1n) is 11.0. The van der Waals surface area contributed by atoms with E-state index in [1.54, 1.807) is 26.6 Å². The van der Waals surface area contributed by atoms with Crippen LogP contribution in [-0.4, -0.2) is 55.2 Å². The predicted molar refractivity (Wildman–Crippen MR) is 128 cm³/mol. The zero-order valence-corrected chi connectivity index (χ0v) is 18.5. The number of ether oxygens (including phenoxy) is 1. The number of aryl methyl sites for hydroxylation is 1. The standard InChI is InChI=1S/C23H25BN6O3/c24-33-20-4-2-14-11-15(1-3-16(14)20)17-13-27-22(25)21(28-17)23(31)29-18-12-26-6-5-19(18)30-7-9-32-10-8-30/h1,3,5-6,11-13,20H,2,4,7-10,24H2,(H2,25,27)(H,29,31). The molecule has 1 amide bonds. The Balaban J connectivity index is 1.41. The van der Waals surface area contributed by atoms with Crippen molar-refractivity contribution >= 4 is 31.1 Å². The van der Waals surface area contributed by atoms with Gasteiger partial charge in [0.2, 0.25) is 0 Å². The summed E-state index contributed by atoms with van der Waals surface area (Å²) in [6.45, 7) is 2.77. The van der Waals surface area contributed by atoms with Gasteiger partial charge < -0.3 is 25.3 Å². The van der Waals surface area contributed by atoms with Gasteiger partial charge in [0.25, 0.3) is 14.0 Å². The molecule has 1 aromatic carbocycles. The number of amides is 1. The average molecular weight is 444 g/mol. The van der Waals surface area contributed by atoms with Gasteiger partial charge >= 0.3 is 0 Å². The number of carbonyl (C=O) groups excluding carboxylic acids is 1. The largest absolute Gasteiger partial charge is 0.437 e. The van der Waals surface area contributed by atoms with Crippen LogP contribution in [0.15, 0.2) is 42.9 Å². The van der Waals surface area contributed by atoms with Gasteiger partial charge in [-0.3, -0.25) is 9.78 Å². The molecule has 3 aromatic rings. The minimum Gasteiger partial charge on any atom is -0.437 e. The molecule has 3 N–H and O–H groups in total. The summed E-state index contributed by atoms with van der Waals surface area (Å²) in [6, 6.07) is 8.02. The van der Waals surface area contributed by atoms with E-state index in [-0.39, 0.29) is 17.6 Å². The Kier molecular flexibility index (Phi) is 5.93. The van der Waals surface area contributed by atoms with Crippen LogP contribution < -0.4 is 16.0 Å². The fourth-order valence-electron chi connectivity index (χ4n) is 4.43. The number of carbonyl (C=O) groups is 1. The van der Waals surface area contributed by atoms with Crippen molar-refractivity contribution in [2.75, 3.05) is 42.3 Å². The highest BCUT2D eigenvalue weighted by atomic mass is 16.5. The fourth-order valence-corrected chi connectivity index (χ4v) is 4.43. The Morgan fingerprint density at radius 2 is 2.09 bits per heavy atom. The number of nitrogens with zero attached hydrogens (tertiary/aromatic N) is 4. The third-order valence-electron chi connectivity index (χ3n) is 6.16. The van der Waals surface area contributed by atoms with Crippen molar-refractivity contribution in [3.8, 4) is 11.3 Å². The number of hydrogen-bond acceptors (Lipinski definition) is 8. The number of benzene rings is 1. The second kappa shape index (κ2) is 9.17. The minimum absolute atomic E-state index is 0.0775. The molecule has 5 rings (SSSR count). The van der Waals surface area contributed by atoms with Crippen LogP contribution >= 0.6 is 0 Å². The van der Waals surface area contributed by atoms with Crippen LogP contribution in [0.1, 0.15) is 34.1 Å². The summed E-state index contributed by atoms with van der Waals surface area (Å²) in [6.07, 6.45) is 6.98. The molecule has 1 atom stereocenters. The van der Waals surface area contributed by atoms with E-state index in [0.29, 0.717) is 24.6 Å². The number of nitrogen functional groups attached to an aromatic ring is 1. The zero-order chi connectivity index (χ0) is 22.8. The molecule has 2 aromatic heterocycles. The van der Waals surface area contributed by atoms with Crippen LogP contribution in [0.4, 0.5) is 17.2 Å². The van der Waals surface area contributed by atoms with Gasteiger partial charge in [0.1, 0.15) is 0 Å². The van der Waals surface area contributed by atoms with E-state index in [1.165, 1.54) is 11.1 Å². The maximum Gasteiger partial charge on any atom is 0.278 e. The van der Waals surface area contributed by atoms with Crippen molar-refractivity contribution in [1.29, 1.82) is 0 Å². The predicted octanol–water partition coefficient (Wildman–Crippen LogP) is 1.76. The lowest BCUT2D eigenvalue weighted by atomic mass is 10.0. The zero-order valence-electron chi connectivity index (χ0n) is 18.5. The van der Waals surface area contributed by atoms with Crippen molar-refractivity contribution in [2.24, 2.45) is 0 Å². The second-order valence-corrected chi connectivity index (χ2v) is 8.11. The number of aromatic nitrogens is 3. The minimum atomic E-state index is -0.426. The van der Waals surface area contributed by atoms with Crippen LogP contribution in [0, 0.1) is 0 Å². The van der Waals surface area contributed by atoms with Crippen LogP contribution in [0.3, 0.4) is 0 Å². The number of rotatable bonds is 5. The number of hydrogen-bond donors (Lipinski definition) is 2. The molecule has 1 aliphatic carbocycles. The molecule has 0 radical (unpaired) electrons. The summed E-state index contributed by atoms with van der Waals surface area (Å²) in [5, 5.41) is 2.92. The molecule has 9 nitrogen and oxygen atoms in total. The van der Waals surface area contributed by atoms with Crippen LogP contribution in [0.2, 0.25) is 0 Å². The number of fused-ring (bicyclic) bond motifs is 1. The molecule has 168 valence electrons. The summed E-state index contributed by atoms with van der Waals surface area (Å²) in [5.41, 5.74) is 11.5. The third-order valence-corrected chi connectivity index (χ3v) is 6.16. The highest BCUT2D eigenvalue weighted by molar-refractivity contribution is 6.07. The van der Waals surface area contributed by atoms with Crippen LogP contribution in [-0.2, 0) is 15.8 Å². The topological polar surface area (TPSA) is 115 Å². The summed E-state index contributed by atoms with van der Waals surface area (Å²) in [5.74, 6) is -0.348. The van der Waals surface area contributed by atoms with Gasteiger partial charge in [0.15, 0.2) is 11.5 Å². The molecule has 0 bridgehead atoms. The van der Waals surface area contributed by atoms with Gasteiger partial charge in [0.05, 0.1) is 48.8 Å². The second-order valence-electron chi connectivity index (χ2n) is 8.11. The third kappa shape index (κ3) is 4.27. The Bertz CT molecular complexity index is 1180. The van der Waals surface area contributed by atoms with Crippen molar-refractivity contribution < 1.29 is 14.2 Å². The van der Waals surface area contributed by atoms with Crippen LogP contribution in [0.5, 0.6) is 0 Å². The van der Waals surface area contributed by atoms with Gasteiger partial charge in [0, 0.05) is 24.8 Å².